The molecule has 2 amide bonds. The Kier molecular flexibility index (Phi) is 5.74. The Morgan fingerprint density at radius 1 is 0.957 bits per heavy atom. The third-order valence-electron chi connectivity index (χ3n) is 3.33. The molecule has 0 aliphatic carbocycles. The second kappa shape index (κ2) is 7.98. The molecule has 0 bridgehead atoms. The predicted molar refractivity (Wildman–Crippen MR) is 88.2 cm³/mol. The largest absolute Gasteiger partial charge is 0.491 e. The highest BCUT2D eigenvalue weighted by Gasteiger charge is 2.10. The molecule has 2 aromatic rings. The predicted octanol–water partition coefficient (Wildman–Crippen LogP) is 2.94. The summed E-state index contributed by atoms with van der Waals surface area (Å²) in [5.41, 5.74) is 5.68. The summed E-state index contributed by atoms with van der Waals surface area (Å²) in [6.45, 7) is 3.99. The Morgan fingerprint density at radius 2 is 1.57 bits per heavy atom. The maximum absolute atomic E-state index is 12.1. The quantitative estimate of drug-likeness (QED) is 0.834. The molecule has 0 radical (unpaired) electrons. The van der Waals surface area contributed by atoms with E-state index in [0.29, 0.717) is 16.9 Å². The first-order valence-corrected chi connectivity index (χ1v) is 7.52. The van der Waals surface area contributed by atoms with Gasteiger partial charge in [0, 0.05) is 11.1 Å². The number of ether oxygens (including phenoxy) is 1. The van der Waals surface area contributed by atoms with E-state index < -0.39 is 5.91 Å². The molecule has 2 N–H and O–H groups in total. The molecule has 0 heterocycles. The van der Waals surface area contributed by atoms with E-state index in [-0.39, 0.29) is 12.0 Å². The van der Waals surface area contributed by atoms with E-state index >= 15 is 0 Å². The Labute approximate surface area is 135 Å². The van der Waals surface area contributed by atoms with E-state index in [1.807, 2.05) is 19.9 Å². The fraction of sp³-hybridized carbons (Fsp3) is 0.222. The first-order valence-electron chi connectivity index (χ1n) is 7.52. The first-order chi connectivity index (χ1) is 11.1. The van der Waals surface area contributed by atoms with Crippen LogP contribution < -0.4 is 15.6 Å². The second-order valence-corrected chi connectivity index (χ2v) is 5.14. The molecule has 0 aliphatic rings. The lowest BCUT2D eigenvalue weighted by atomic mass is 10.2. The maximum Gasteiger partial charge on any atom is 0.269 e. The van der Waals surface area contributed by atoms with Crippen molar-refractivity contribution in [2.75, 3.05) is 0 Å². The summed E-state index contributed by atoms with van der Waals surface area (Å²) < 4.78 is 5.68. The number of amides is 2. The normalized spacial score (nSPS) is 11.4. The minimum atomic E-state index is -0.399. The van der Waals surface area contributed by atoms with Crippen LogP contribution >= 0.6 is 0 Å². The minimum Gasteiger partial charge on any atom is -0.491 e. The summed E-state index contributed by atoms with van der Waals surface area (Å²) in [4.78, 5) is 24.0. The van der Waals surface area contributed by atoms with Crippen molar-refractivity contribution in [1.82, 2.24) is 10.9 Å². The monoisotopic (exact) mass is 312 g/mol. The molecule has 0 fully saturated rings. The highest BCUT2D eigenvalue weighted by Crippen LogP contribution is 2.15. The van der Waals surface area contributed by atoms with Crippen LogP contribution in [-0.2, 0) is 0 Å². The zero-order valence-corrected chi connectivity index (χ0v) is 13.2. The number of benzene rings is 2. The summed E-state index contributed by atoms with van der Waals surface area (Å²) in [6, 6.07) is 15.5. The molecule has 0 aliphatic heterocycles. The standard InChI is InChI=1S/C18H20N2O3/c1-3-13(2)23-16-11-7-10-15(12-16)18(22)20-19-17(21)14-8-5-4-6-9-14/h4-13H,3H2,1-2H3,(H,19,21)(H,20,22). The van der Waals surface area contributed by atoms with Gasteiger partial charge in [-0.15, -0.1) is 0 Å². The molecule has 5 nitrogen and oxygen atoms in total. The van der Waals surface area contributed by atoms with Crippen molar-refractivity contribution in [3.05, 3.63) is 65.7 Å². The average Bonchev–Trinajstić information content (AvgIpc) is 2.60. The van der Waals surface area contributed by atoms with Crippen LogP contribution in [0.1, 0.15) is 41.0 Å². The summed E-state index contributed by atoms with van der Waals surface area (Å²) in [7, 11) is 0. The highest BCUT2D eigenvalue weighted by atomic mass is 16.5. The van der Waals surface area contributed by atoms with Gasteiger partial charge in [0.2, 0.25) is 0 Å². The van der Waals surface area contributed by atoms with E-state index in [2.05, 4.69) is 10.9 Å². The lowest BCUT2D eigenvalue weighted by molar-refractivity contribution is 0.0846. The fourth-order valence-electron chi connectivity index (χ4n) is 1.87. The van der Waals surface area contributed by atoms with Crippen molar-refractivity contribution < 1.29 is 14.3 Å². The Balaban J connectivity index is 1.95. The Bertz CT molecular complexity index is 671. The molecule has 1 unspecified atom stereocenters. The van der Waals surface area contributed by atoms with Gasteiger partial charge in [0.25, 0.3) is 11.8 Å². The van der Waals surface area contributed by atoms with Crippen LogP contribution in [0.5, 0.6) is 5.75 Å². The smallest absolute Gasteiger partial charge is 0.269 e. The van der Waals surface area contributed by atoms with Crippen molar-refractivity contribution in [2.45, 2.75) is 26.4 Å². The van der Waals surface area contributed by atoms with E-state index in [1.165, 1.54) is 0 Å². The van der Waals surface area contributed by atoms with Crippen molar-refractivity contribution in [3.63, 3.8) is 0 Å². The molecule has 1 atom stereocenters. The molecule has 120 valence electrons. The summed E-state index contributed by atoms with van der Waals surface area (Å²) in [6.07, 6.45) is 0.954. The average molecular weight is 312 g/mol. The van der Waals surface area contributed by atoms with E-state index in [0.717, 1.165) is 6.42 Å². The molecule has 5 heteroatoms. The summed E-state index contributed by atoms with van der Waals surface area (Å²) >= 11 is 0. The molecule has 2 aromatic carbocycles. The van der Waals surface area contributed by atoms with Crippen LogP contribution in [0, 0.1) is 0 Å². The third-order valence-corrected chi connectivity index (χ3v) is 3.33. The molecule has 23 heavy (non-hydrogen) atoms. The van der Waals surface area contributed by atoms with E-state index in [9.17, 15) is 9.59 Å². The number of nitrogens with one attached hydrogen (secondary N) is 2. The number of hydrogen-bond donors (Lipinski definition) is 2. The topological polar surface area (TPSA) is 67.4 Å². The number of carbonyl (C=O) groups excluding carboxylic acids is 2. The second-order valence-electron chi connectivity index (χ2n) is 5.14. The Hall–Kier alpha value is -2.82. The van der Waals surface area contributed by atoms with Gasteiger partial charge in [-0.3, -0.25) is 20.4 Å². The van der Waals surface area contributed by atoms with Gasteiger partial charge < -0.3 is 4.74 Å². The first kappa shape index (κ1) is 16.5. The number of hydrogen-bond acceptors (Lipinski definition) is 3. The van der Waals surface area contributed by atoms with Gasteiger partial charge >= 0.3 is 0 Å². The van der Waals surface area contributed by atoms with Crippen molar-refractivity contribution in [2.24, 2.45) is 0 Å². The van der Waals surface area contributed by atoms with Crippen molar-refractivity contribution in [3.8, 4) is 5.75 Å². The van der Waals surface area contributed by atoms with Gasteiger partial charge in [-0.2, -0.15) is 0 Å². The van der Waals surface area contributed by atoms with Crippen LogP contribution in [0.15, 0.2) is 54.6 Å². The van der Waals surface area contributed by atoms with Crippen LogP contribution in [0.2, 0.25) is 0 Å². The highest BCUT2D eigenvalue weighted by molar-refractivity contribution is 5.99. The van der Waals surface area contributed by atoms with Crippen LogP contribution in [-0.4, -0.2) is 17.9 Å². The number of hydrazine groups is 1. The van der Waals surface area contributed by atoms with Gasteiger partial charge in [-0.1, -0.05) is 31.2 Å². The lowest BCUT2D eigenvalue weighted by Gasteiger charge is -2.13. The van der Waals surface area contributed by atoms with Crippen LogP contribution in [0.25, 0.3) is 0 Å². The molecule has 0 saturated carbocycles. The zero-order valence-electron chi connectivity index (χ0n) is 13.2. The van der Waals surface area contributed by atoms with Crippen LogP contribution in [0.3, 0.4) is 0 Å². The van der Waals surface area contributed by atoms with Gasteiger partial charge in [-0.05, 0) is 43.7 Å². The molecule has 2 rings (SSSR count). The lowest BCUT2D eigenvalue weighted by Crippen LogP contribution is -2.41. The van der Waals surface area contributed by atoms with Crippen molar-refractivity contribution in [1.29, 1.82) is 0 Å². The van der Waals surface area contributed by atoms with Gasteiger partial charge in [-0.25, -0.2) is 0 Å². The molecule has 0 aromatic heterocycles. The summed E-state index contributed by atoms with van der Waals surface area (Å²) in [5, 5.41) is 0. The maximum atomic E-state index is 12.1. The number of rotatable bonds is 5. The van der Waals surface area contributed by atoms with Gasteiger partial charge in [0.1, 0.15) is 5.75 Å². The van der Waals surface area contributed by atoms with Gasteiger partial charge in [0.05, 0.1) is 6.10 Å². The number of carbonyl (C=O) groups is 2. The van der Waals surface area contributed by atoms with Crippen LogP contribution in [0.4, 0.5) is 0 Å². The van der Waals surface area contributed by atoms with E-state index in [4.69, 9.17) is 4.74 Å². The van der Waals surface area contributed by atoms with E-state index in [1.54, 1.807) is 48.5 Å². The molecular formula is C18H20N2O3. The minimum absolute atomic E-state index is 0.0751. The zero-order chi connectivity index (χ0) is 16.7. The molecule has 0 saturated heterocycles. The fourth-order valence-corrected chi connectivity index (χ4v) is 1.87. The molecular weight excluding hydrogens is 292 g/mol. The third kappa shape index (κ3) is 4.85. The summed E-state index contributed by atoms with van der Waals surface area (Å²) in [5.74, 6) is -0.142. The van der Waals surface area contributed by atoms with Gasteiger partial charge in [0.15, 0.2) is 0 Å². The Morgan fingerprint density at radius 3 is 2.22 bits per heavy atom. The SMILES string of the molecule is CCC(C)Oc1cccc(C(=O)NNC(=O)c2ccccc2)c1. The van der Waals surface area contributed by atoms with Crippen molar-refractivity contribution >= 4 is 11.8 Å². The molecule has 0 spiro atoms.